The molecule has 0 aliphatic heterocycles. The summed E-state index contributed by atoms with van der Waals surface area (Å²) >= 11 is 3.37. The average molecular weight is 318 g/mol. The normalized spacial score (nSPS) is 12.0. The molecule has 0 aromatic heterocycles. The van der Waals surface area contributed by atoms with Crippen LogP contribution in [-0.4, -0.2) is 33.4 Å². The number of nitrogens with two attached hydrogens (primary N) is 1. The third-order valence-corrected chi connectivity index (χ3v) is 2.83. The maximum atomic E-state index is 10.9. The van der Waals surface area contributed by atoms with E-state index in [1.54, 1.807) is 7.11 Å². The summed E-state index contributed by atoms with van der Waals surface area (Å²) in [4.78, 5) is 10.9. The summed E-state index contributed by atoms with van der Waals surface area (Å²) in [6.45, 7) is 0.0996. The summed E-state index contributed by atoms with van der Waals surface area (Å²) in [5, 5.41) is 0. The lowest BCUT2D eigenvalue weighted by Crippen LogP contribution is -2.21. The molecule has 0 amide bonds. The summed E-state index contributed by atoms with van der Waals surface area (Å²) in [5.41, 5.74) is 6.81. The molecule has 6 heteroatoms. The molecule has 0 saturated carbocycles. The van der Waals surface area contributed by atoms with Gasteiger partial charge in [0.05, 0.1) is 26.9 Å². The molecule has 0 aliphatic carbocycles. The van der Waals surface area contributed by atoms with Gasteiger partial charge >= 0.3 is 5.97 Å². The number of halogens is 1. The number of methoxy groups -OCH3 is 2. The highest BCUT2D eigenvalue weighted by atomic mass is 79.9. The van der Waals surface area contributed by atoms with Gasteiger partial charge in [-0.15, -0.1) is 0 Å². The van der Waals surface area contributed by atoms with Gasteiger partial charge in [-0.05, 0) is 18.2 Å². The predicted molar refractivity (Wildman–Crippen MR) is 70.5 cm³/mol. The smallest absolute Gasteiger partial charge is 0.331 e. The Balaban J connectivity index is 2.62. The molecule has 0 heterocycles. The fourth-order valence-electron chi connectivity index (χ4n) is 1.41. The van der Waals surface area contributed by atoms with E-state index in [2.05, 4.69) is 20.7 Å². The van der Waals surface area contributed by atoms with Gasteiger partial charge in [-0.25, -0.2) is 4.79 Å². The Labute approximate surface area is 114 Å². The monoisotopic (exact) mass is 317 g/mol. The molecule has 1 unspecified atom stereocenters. The van der Waals surface area contributed by atoms with Gasteiger partial charge in [0, 0.05) is 10.0 Å². The fourth-order valence-corrected chi connectivity index (χ4v) is 1.79. The molecule has 0 saturated heterocycles. The first-order valence-corrected chi connectivity index (χ1v) is 6.11. The Bertz CT molecular complexity index is 411. The molecule has 18 heavy (non-hydrogen) atoms. The summed E-state index contributed by atoms with van der Waals surface area (Å²) in [5.74, 6) is 0.260. The van der Waals surface area contributed by atoms with Gasteiger partial charge in [-0.2, -0.15) is 0 Å². The zero-order chi connectivity index (χ0) is 13.5. The molecule has 0 aliphatic rings. The molecule has 0 radical (unpaired) electrons. The Morgan fingerprint density at radius 1 is 1.44 bits per heavy atom. The fraction of sp³-hybridized carbons (Fsp3) is 0.417. The zero-order valence-electron chi connectivity index (χ0n) is 10.3. The van der Waals surface area contributed by atoms with E-state index in [9.17, 15) is 4.79 Å². The largest absolute Gasteiger partial charge is 0.496 e. The molecule has 0 fully saturated rings. The minimum Gasteiger partial charge on any atom is -0.496 e. The number of carbonyl (C=O) groups is 1. The van der Waals surface area contributed by atoms with Crippen molar-refractivity contribution >= 4 is 21.9 Å². The lowest BCUT2D eigenvalue weighted by Gasteiger charge is -2.16. The maximum absolute atomic E-state index is 10.9. The van der Waals surface area contributed by atoms with Crippen molar-refractivity contribution in [1.29, 1.82) is 0 Å². The van der Waals surface area contributed by atoms with E-state index in [4.69, 9.17) is 15.2 Å². The third kappa shape index (κ3) is 4.29. The molecule has 1 atom stereocenters. The molecule has 2 N–H and O–H groups in total. The quantitative estimate of drug-likeness (QED) is 0.808. The van der Waals surface area contributed by atoms with Crippen LogP contribution < -0.4 is 10.5 Å². The zero-order valence-corrected chi connectivity index (χ0v) is 11.9. The van der Waals surface area contributed by atoms with Crippen molar-refractivity contribution in [3.05, 3.63) is 28.2 Å². The molecule has 1 rings (SSSR count). The SMILES string of the molecule is COC(=O)COCC(N)c1cc(Br)ccc1OC. The minimum atomic E-state index is -0.427. The molecule has 1 aromatic rings. The van der Waals surface area contributed by atoms with Crippen LogP contribution in [0.15, 0.2) is 22.7 Å². The van der Waals surface area contributed by atoms with Crippen LogP contribution in [0.25, 0.3) is 0 Å². The summed E-state index contributed by atoms with van der Waals surface area (Å²) in [6, 6.07) is 5.18. The van der Waals surface area contributed by atoms with Gasteiger partial charge in [-0.1, -0.05) is 15.9 Å². The minimum absolute atomic E-state index is 0.111. The number of rotatable bonds is 6. The van der Waals surface area contributed by atoms with Crippen molar-refractivity contribution in [2.24, 2.45) is 5.73 Å². The molecule has 0 spiro atoms. The van der Waals surface area contributed by atoms with Crippen LogP contribution in [0.4, 0.5) is 0 Å². The highest BCUT2D eigenvalue weighted by Crippen LogP contribution is 2.27. The third-order valence-electron chi connectivity index (χ3n) is 2.34. The summed E-state index contributed by atoms with van der Waals surface area (Å²) in [6.07, 6.45) is 0. The first kappa shape index (κ1) is 14.9. The average Bonchev–Trinajstić information content (AvgIpc) is 2.38. The molecule has 0 bridgehead atoms. The van der Waals surface area contributed by atoms with E-state index in [0.717, 1.165) is 10.0 Å². The van der Waals surface area contributed by atoms with Crippen molar-refractivity contribution in [1.82, 2.24) is 0 Å². The van der Waals surface area contributed by atoms with Gasteiger partial charge < -0.3 is 19.9 Å². The highest BCUT2D eigenvalue weighted by molar-refractivity contribution is 9.10. The van der Waals surface area contributed by atoms with Crippen LogP contribution in [0.5, 0.6) is 5.75 Å². The highest BCUT2D eigenvalue weighted by Gasteiger charge is 2.13. The standard InChI is InChI=1S/C12H16BrNO4/c1-16-11-4-3-8(13)5-9(11)10(14)6-18-7-12(15)17-2/h3-5,10H,6-7,14H2,1-2H3. The van der Waals surface area contributed by atoms with Gasteiger partial charge in [0.25, 0.3) is 0 Å². The van der Waals surface area contributed by atoms with Crippen molar-refractivity contribution < 1.29 is 19.0 Å². The molecular formula is C12H16BrNO4. The topological polar surface area (TPSA) is 70.8 Å². The van der Waals surface area contributed by atoms with E-state index in [1.165, 1.54) is 7.11 Å². The number of benzene rings is 1. The first-order valence-electron chi connectivity index (χ1n) is 5.32. The van der Waals surface area contributed by atoms with E-state index in [-0.39, 0.29) is 19.3 Å². The van der Waals surface area contributed by atoms with Crippen LogP contribution in [0.3, 0.4) is 0 Å². The number of carbonyl (C=O) groups excluding carboxylic acids is 1. The molecule has 5 nitrogen and oxygen atoms in total. The van der Waals surface area contributed by atoms with Gasteiger partial charge in [0.1, 0.15) is 12.4 Å². The van der Waals surface area contributed by atoms with Crippen LogP contribution >= 0.6 is 15.9 Å². The molecule has 100 valence electrons. The van der Waals surface area contributed by atoms with E-state index >= 15 is 0 Å². The number of ether oxygens (including phenoxy) is 3. The lowest BCUT2D eigenvalue weighted by molar-refractivity contribution is -0.146. The summed E-state index contributed by atoms with van der Waals surface area (Å²) in [7, 11) is 2.89. The Kier molecular flexibility index (Phi) is 6.11. The second-order valence-electron chi connectivity index (χ2n) is 3.58. The Hall–Kier alpha value is -1.11. The van der Waals surface area contributed by atoms with Crippen molar-refractivity contribution in [2.75, 3.05) is 27.4 Å². The van der Waals surface area contributed by atoms with E-state index in [1.807, 2.05) is 18.2 Å². The van der Waals surface area contributed by atoms with Crippen LogP contribution in [0, 0.1) is 0 Å². The van der Waals surface area contributed by atoms with Crippen LogP contribution in [0.2, 0.25) is 0 Å². The number of hydrogen-bond acceptors (Lipinski definition) is 5. The van der Waals surface area contributed by atoms with Crippen molar-refractivity contribution in [2.45, 2.75) is 6.04 Å². The van der Waals surface area contributed by atoms with Crippen LogP contribution in [0.1, 0.15) is 11.6 Å². The van der Waals surface area contributed by atoms with Crippen molar-refractivity contribution in [3.63, 3.8) is 0 Å². The second kappa shape index (κ2) is 7.35. The first-order chi connectivity index (χ1) is 8.58. The molecular weight excluding hydrogens is 302 g/mol. The number of esters is 1. The Morgan fingerprint density at radius 3 is 2.78 bits per heavy atom. The summed E-state index contributed by atoms with van der Waals surface area (Å²) < 4.78 is 15.8. The van der Waals surface area contributed by atoms with Crippen LogP contribution in [-0.2, 0) is 14.3 Å². The number of hydrogen-bond donors (Lipinski definition) is 1. The second-order valence-corrected chi connectivity index (χ2v) is 4.50. The van der Waals surface area contributed by atoms with Crippen molar-refractivity contribution in [3.8, 4) is 5.75 Å². The van der Waals surface area contributed by atoms with Gasteiger partial charge in [0.15, 0.2) is 0 Å². The maximum Gasteiger partial charge on any atom is 0.331 e. The lowest BCUT2D eigenvalue weighted by atomic mass is 10.1. The van der Waals surface area contributed by atoms with Gasteiger partial charge in [0.2, 0.25) is 0 Å². The van der Waals surface area contributed by atoms with E-state index in [0.29, 0.717) is 5.75 Å². The Morgan fingerprint density at radius 2 is 2.17 bits per heavy atom. The van der Waals surface area contributed by atoms with E-state index < -0.39 is 5.97 Å². The molecule has 1 aromatic carbocycles. The predicted octanol–water partition coefficient (Wildman–Crippen LogP) is 1.65. The van der Waals surface area contributed by atoms with Gasteiger partial charge in [-0.3, -0.25) is 0 Å².